The fraction of sp³-hybridized carbons (Fsp3) is 0.273. The van der Waals surface area contributed by atoms with Gasteiger partial charge in [0.1, 0.15) is 0 Å². The summed E-state index contributed by atoms with van der Waals surface area (Å²) in [7, 11) is 0. The smallest absolute Gasteiger partial charge is 0.404 e. The minimum Gasteiger partial charge on any atom is -0.404 e. The second-order valence-corrected chi connectivity index (χ2v) is 8.49. The fourth-order valence-corrected chi connectivity index (χ4v) is 2.93. The van der Waals surface area contributed by atoms with Crippen LogP contribution in [0.5, 0.6) is 5.88 Å². The van der Waals surface area contributed by atoms with Crippen LogP contribution in [0.15, 0.2) is 48.5 Å². The Hall–Kier alpha value is -3.90. The Labute approximate surface area is 194 Å². The Morgan fingerprint density at radius 3 is 1.86 bits per heavy atom. The van der Waals surface area contributed by atoms with Crippen molar-refractivity contribution in [3.63, 3.8) is 0 Å². The van der Waals surface area contributed by atoms with Crippen LogP contribution < -0.4 is 4.74 Å². The van der Waals surface area contributed by atoms with Gasteiger partial charge < -0.3 is 4.74 Å². The Kier molecular flexibility index (Phi) is 6.40. The van der Waals surface area contributed by atoms with Gasteiger partial charge in [-0.05, 0) is 30.3 Å². The topological polar surface area (TPSA) is 87.3 Å². The van der Waals surface area contributed by atoms with Gasteiger partial charge in [-0.15, -0.1) is 0 Å². The normalized spacial score (nSPS) is 12.5. The lowest BCUT2D eigenvalue weighted by Gasteiger charge is -2.14. The number of nitrogens with zero attached hydrogens (tertiary/aromatic N) is 3. The number of carbonyl (C=O) groups excluding carboxylic acids is 1. The maximum atomic E-state index is 13.2. The molecule has 186 valence electrons. The van der Waals surface area contributed by atoms with Crippen molar-refractivity contribution < 1.29 is 40.8 Å². The van der Waals surface area contributed by atoms with Crippen LogP contribution in [0.1, 0.15) is 48.0 Å². The number of rotatable bonds is 4. The number of halogens is 6. The lowest BCUT2D eigenvalue weighted by Crippen LogP contribution is -2.17. The van der Waals surface area contributed by atoms with Crippen molar-refractivity contribution in [3.05, 3.63) is 81.0 Å². The highest BCUT2D eigenvalue weighted by atomic mass is 19.4. The van der Waals surface area contributed by atoms with Gasteiger partial charge in [0.15, 0.2) is 0 Å². The molecule has 0 aliphatic rings. The summed E-state index contributed by atoms with van der Waals surface area (Å²) in [4.78, 5) is 22.9. The molecule has 0 fully saturated rings. The number of nitro benzene ring substituents is 1. The van der Waals surface area contributed by atoms with Crippen LogP contribution in [-0.2, 0) is 17.8 Å². The summed E-state index contributed by atoms with van der Waals surface area (Å²) in [5, 5.41) is 15.2. The fourth-order valence-electron chi connectivity index (χ4n) is 2.93. The van der Waals surface area contributed by atoms with Crippen LogP contribution in [0, 0.1) is 10.1 Å². The quantitative estimate of drug-likeness (QED) is 0.180. The molecule has 0 saturated heterocycles. The molecule has 13 heteroatoms. The zero-order valence-electron chi connectivity index (χ0n) is 18.4. The van der Waals surface area contributed by atoms with Crippen molar-refractivity contribution in [2.75, 3.05) is 0 Å². The highest BCUT2D eigenvalue weighted by Gasteiger charge is 2.38. The van der Waals surface area contributed by atoms with Crippen molar-refractivity contribution in [1.29, 1.82) is 0 Å². The summed E-state index contributed by atoms with van der Waals surface area (Å²) in [6.07, 6.45) is -10.3. The minimum atomic E-state index is -5.14. The van der Waals surface area contributed by atoms with Gasteiger partial charge in [-0.2, -0.15) is 31.4 Å². The first-order valence-electron chi connectivity index (χ1n) is 9.84. The maximum Gasteiger partial charge on any atom is 0.416 e. The predicted molar refractivity (Wildman–Crippen MR) is 110 cm³/mol. The zero-order chi connectivity index (χ0) is 26.3. The number of benzene rings is 2. The van der Waals surface area contributed by atoms with Gasteiger partial charge in [0.25, 0.3) is 5.69 Å². The van der Waals surface area contributed by atoms with Crippen LogP contribution in [0.25, 0.3) is 5.69 Å². The van der Waals surface area contributed by atoms with E-state index in [0.717, 1.165) is 16.8 Å². The van der Waals surface area contributed by atoms with Crippen molar-refractivity contribution in [1.82, 2.24) is 9.78 Å². The van der Waals surface area contributed by atoms with E-state index in [1.54, 1.807) is 20.8 Å². The van der Waals surface area contributed by atoms with Crippen molar-refractivity contribution in [2.45, 2.75) is 38.5 Å². The standard InChI is InChI=1S/C22H17F6N3O4/c1-20(2,3)17-11-18(30(29-17)15-4-6-16(7-5-15)31(33)34)35-19(32)12-8-13(21(23,24)25)10-14(9-12)22(26,27)28/h4-11H,1-3H3. The van der Waals surface area contributed by atoms with E-state index in [1.807, 2.05) is 0 Å². The molecule has 0 spiro atoms. The number of hydrogen-bond donors (Lipinski definition) is 0. The molecule has 2 aromatic carbocycles. The molecule has 0 atom stereocenters. The molecule has 0 unspecified atom stereocenters. The number of esters is 1. The summed E-state index contributed by atoms with van der Waals surface area (Å²) in [6.45, 7) is 5.30. The number of alkyl halides is 6. The molecule has 7 nitrogen and oxygen atoms in total. The molecular formula is C22H17F6N3O4. The molecule has 35 heavy (non-hydrogen) atoms. The summed E-state index contributed by atoms with van der Waals surface area (Å²) < 4.78 is 85.2. The molecule has 0 aliphatic heterocycles. The van der Waals surface area contributed by atoms with Gasteiger partial charge in [-0.1, -0.05) is 20.8 Å². The number of ether oxygens (including phenoxy) is 1. The van der Waals surface area contributed by atoms with Gasteiger partial charge in [0.2, 0.25) is 5.88 Å². The molecule has 3 aromatic rings. The number of aromatic nitrogens is 2. The van der Waals surface area contributed by atoms with Gasteiger partial charge in [-0.25, -0.2) is 9.48 Å². The van der Waals surface area contributed by atoms with Gasteiger partial charge >= 0.3 is 18.3 Å². The SMILES string of the molecule is CC(C)(C)c1cc(OC(=O)c2cc(C(F)(F)F)cc(C(F)(F)F)c2)n(-c2ccc([N+](=O)[O-])cc2)n1. The molecule has 0 N–H and O–H groups in total. The van der Waals surface area contributed by atoms with Crippen LogP contribution in [0.2, 0.25) is 0 Å². The average Bonchev–Trinajstić information content (AvgIpc) is 3.16. The van der Waals surface area contributed by atoms with Crippen LogP contribution >= 0.6 is 0 Å². The van der Waals surface area contributed by atoms with E-state index in [1.165, 1.54) is 18.2 Å². The number of nitro groups is 1. The van der Waals surface area contributed by atoms with Crippen molar-refractivity contribution >= 4 is 11.7 Å². The molecule has 3 rings (SSSR count). The second-order valence-electron chi connectivity index (χ2n) is 8.49. The lowest BCUT2D eigenvalue weighted by molar-refractivity contribution is -0.384. The van der Waals surface area contributed by atoms with Crippen molar-refractivity contribution in [3.8, 4) is 11.6 Å². The summed E-state index contributed by atoms with van der Waals surface area (Å²) >= 11 is 0. The molecule has 0 amide bonds. The first-order chi connectivity index (χ1) is 16.0. The first-order valence-corrected chi connectivity index (χ1v) is 9.84. The first kappa shape index (κ1) is 25.7. The highest BCUT2D eigenvalue weighted by molar-refractivity contribution is 5.91. The molecule has 1 heterocycles. The zero-order valence-corrected chi connectivity index (χ0v) is 18.4. The Morgan fingerprint density at radius 1 is 0.914 bits per heavy atom. The molecule has 0 aliphatic carbocycles. The number of carbonyl (C=O) groups is 1. The van der Waals surface area contributed by atoms with Crippen LogP contribution in [-0.4, -0.2) is 20.7 Å². The number of non-ortho nitro benzene ring substituents is 1. The molecule has 1 aromatic heterocycles. The molecule has 0 saturated carbocycles. The van der Waals surface area contributed by atoms with Gasteiger partial charge in [0.05, 0.1) is 33.0 Å². The molecular weight excluding hydrogens is 484 g/mol. The number of hydrogen-bond acceptors (Lipinski definition) is 5. The van der Waals surface area contributed by atoms with E-state index in [4.69, 9.17) is 4.74 Å². The third-order valence-electron chi connectivity index (χ3n) is 4.77. The minimum absolute atomic E-state index is 0.102. The highest BCUT2D eigenvalue weighted by Crippen LogP contribution is 2.37. The van der Waals surface area contributed by atoms with Gasteiger partial charge in [0, 0.05) is 23.6 Å². The van der Waals surface area contributed by atoms with E-state index >= 15 is 0 Å². The van der Waals surface area contributed by atoms with Crippen LogP contribution in [0.4, 0.5) is 32.0 Å². The Bertz CT molecular complexity index is 1240. The van der Waals surface area contributed by atoms with Gasteiger partial charge in [-0.3, -0.25) is 10.1 Å². The lowest BCUT2D eigenvalue weighted by atomic mass is 9.93. The maximum absolute atomic E-state index is 13.2. The monoisotopic (exact) mass is 501 g/mol. The largest absolute Gasteiger partial charge is 0.416 e. The summed E-state index contributed by atoms with van der Waals surface area (Å²) in [5.74, 6) is -1.79. The van der Waals surface area contributed by atoms with E-state index in [0.29, 0.717) is 5.69 Å². The third kappa shape index (κ3) is 5.78. The Morgan fingerprint density at radius 2 is 1.43 bits per heavy atom. The van der Waals surface area contributed by atoms with E-state index in [-0.39, 0.29) is 35.5 Å². The molecule has 0 radical (unpaired) electrons. The third-order valence-corrected chi connectivity index (χ3v) is 4.77. The van der Waals surface area contributed by atoms with E-state index < -0.39 is 45.4 Å². The molecule has 0 bridgehead atoms. The summed E-state index contributed by atoms with van der Waals surface area (Å²) in [6, 6.07) is 6.61. The Balaban J connectivity index is 2.07. The average molecular weight is 501 g/mol. The summed E-state index contributed by atoms with van der Waals surface area (Å²) in [5.41, 5.74) is -4.56. The van der Waals surface area contributed by atoms with E-state index in [2.05, 4.69) is 5.10 Å². The van der Waals surface area contributed by atoms with Crippen LogP contribution in [0.3, 0.4) is 0 Å². The predicted octanol–water partition coefficient (Wildman–Crippen LogP) is 6.33. The van der Waals surface area contributed by atoms with E-state index in [9.17, 15) is 41.3 Å². The van der Waals surface area contributed by atoms with Crippen molar-refractivity contribution in [2.24, 2.45) is 0 Å². The second kappa shape index (κ2) is 8.71.